The monoisotopic (exact) mass is 416 g/mol. The number of carbonyl (C=O) groups excluding carboxylic acids is 1. The topological polar surface area (TPSA) is 58.6 Å². The van der Waals surface area contributed by atoms with Crippen molar-refractivity contribution < 1.29 is 9.53 Å². The average molecular weight is 417 g/mol. The molecule has 2 atom stereocenters. The van der Waals surface area contributed by atoms with E-state index in [4.69, 9.17) is 4.74 Å². The molecule has 6 heteroatoms. The van der Waals surface area contributed by atoms with Crippen LogP contribution in [0.15, 0.2) is 42.5 Å². The van der Waals surface area contributed by atoms with Crippen LogP contribution in [0.5, 0.6) is 5.75 Å². The summed E-state index contributed by atoms with van der Waals surface area (Å²) in [5, 5.41) is 2.00. The fourth-order valence-electron chi connectivity index (χ4n) is 4.95. The lowest BCUT2D eigenvalue weighted by Gasteiger charge is -2.53. The Morgan fingerprint density at radius 3 is 2.65 bits per heavy atom. The number of hydrogen-bond donors (Lipinski definition) is 0. The van der Waals surface area contributed by atoms with Gasteiger partial charge in [0.2, 0.25) is 5.95 Å². The maximum absolute atomic E-state index is 13.7. The van der Waals surface area contributed by atoms with Gasteiger partial charge in [0, 0.05) is 36.9 Å². The SMILES string of the molecule is CCOc1ccc2ccccc2c1C(=O)N1CC[C@H]2CN(c3nc(C)cc(C)n3)[C@H]2C1. The van der Waals surface area contributed by atoms with Crippen molar-refractivity contribution in [2.75, 3.05) is 31.1 Å². The highest BCUT2D eigenvalue weighted by atomic mass is 16.5. The maximum Gasteiger partial charge on any atom is 0.258 e. The summed E-state index contributed by atoms with van der Waals surface area (Å²) in [6, 6.07) is 14.2. The molecule has 2 aromatic carbocycles. The molecule has 3 heterocycles. The Hall–Kier alpha value is -3.15. The van der Waals surface area contributed by atoms with Gasteiger partial charge in [-0.3, -0.25) is 4.79 Å². The van der Waals surface area contributed by atoms with Crippen molar-refractivity contribution in [3.63, 3.8) is 0 Å². The fourth-order valence-corrected chi connectivity index (χ4v) is 4.95. The number of anilines is 1. The van der Waals surface area contributed by atoms with Crippen molar-refractivity contribution in [1.29, 1.82) is 0 Å². The van der Waals surface area contributed by atoms with E-state index in [-0.39, 0.29) is 11.9 Å². The van der Waals surface area contributed by atoms with Gasteiger partial charge in [-0.25, -0.2) is 9.97 Å². The summed E-state index contributed by atoms with van der Waals surface area (Å²) in [5.41, 5.74) is 2.63. The number of aryl methyl sites for hydroxylation is 2. The summed E-state index contributed by atoms with van der Waals surface area (Å²) in [6.07, 6.45) is 1.01. The summed E-state index contributed by atoms with van der Waals surface area (Å²) >= 11 is 0. The van der Waals surface area contributed by atoms with Crippen LogP contribution < -0.4 is 9.64 Å². The molecule has 6 nitrogen and oxygen atoms in total. The molecule has 0 bridgehead atoms. The highest BCUT2D eigenvalue weighted by Gasteiger charge is 2.45. The van der Waals surface area contributed by atoms with Crippen LogP contribution in [0.4, 0.5) is 5.95 Å². The second-order valence-corrected chi connectivity index (χ2v) is 8.56. The molecule has 1 amide bonds. The zero-order valence-electron chi connectivity index (χ0n) is 18.3. The minimum absolute atomic E-state index is 0.0480. The number of amides is 1. The van der Waals surface area contributed by atoms with Gasteiger partial charge in [-0.15, -0.1) is 0 Å². The molecule has 0 aliphatic carbocycles. The zero-order chi connectivity index (χ0) is 21.5. The second kappa shape index (κ2) is 7.84. The molecule has 1 aromatic heterocycles. The zero-order valence-corrected chi connectivity index (χ0v) is 18.3. The van der Waals surface area contributed by atoms with E-state index >= 15 is 0 Å². The average Bonchev–Trinajstić information content (AvgIpc) is 2.73. The Morgan fingerprint density at radius 2 is 1.87 bits per heavy atom. The molecule has 2 fully saturated rings. The van der Waals surface area contributed by atoms with E-state index in [1.54, 1.807) is 0 Å². The van der Waals surface area contributed by atoms with Gasteiger partial charge in [0.25, 0.3) is 5.91 Å². The lowest BCUT2D eigenvalue weighted by atomic mass is 9.82. The van der Waals surface area contributed by atoms with Gasteiger partial charge < -0.3 is 14.5 Å². The number of aromatic nitrogens is 2. The molecule has 0 N–H and O–H groups in total. The van der Waals surface area contributed by atoms with Gasteiger partial charge in [0.1, 0.15) is 5.75 Å². The van der Waals surface area contributed by atoms with Gasteiger partial charge in [-0.1, -0.05) is 30.3 Å². The molecule has 2 saturated heterocycles. The van der Waals surface area contributed by atoms with Gasteiger partial charge in [-0.05, 0) is 50.1 Å². The number of nitrogens with zero attached hydrogens (tertiary/aromatic N) is 4. The number of rotatable bonds is 4. The van der Waals surface area contributed by atoms with Crippen molar-refractivity contribution in [2.24, 2.45) is 5.92 Å². The van der Waals surface area contributed by atoms with Crippen LogP contribution in [0.2, 0.25) is 0 Å². The van der Waals surface area contributed by atoms with Gasteiger partial charge in [-0.2, -0.15) is 0 Å². The van der Waals surface area contributed by atoms with Crippen LogP contribution in [0, 0.1) is 19.8 Å². The van der Waals surface area contributed by atoms with Crippen molar-refractivity contribution in [3.05, 3.63) is 59.4 Å². The van der Waals surface area contributed by atoms with Crippen molar-refractivity contribution in [3.8, 4) is 5.75 Å². The Bertz CT molecular complexity index is 1130. The van der Waals surface area contributed by atoms with Crippen LogP contribution in [0.25, 0.3) is 10.8 Å². The highest BCUT2D eigenvalue weighted by Crippen LogP contribution is 2.37. The molecule has 0 spiro atoms. The first-order valence-corrected chi connectivity index (χ1v) is 11.1. The van der Waals surface area contributed by atoms with E-state index in [0.717, 1.165) is 47.6 Å². The van der Waals surface area contributed by atoms with E-state index in [1.165, 1.54) is 0 Å². The molecule has 31 heavy (non-hydrogen) atoms. The van der Waals surface area contributed by atoms with E-state index in [1.807, 2.05) is 68.1 Å². The van der Waals surface area contributed by atoms with E-state index in [2.05, 4.69) is 14.9 Å². The second-order valence-electron chi connectivity index (χ2n) is 8.56. The Kier molecular flexibility index (Phi) is 5.00. The van der Waals surface area contributed by atoms with E-state index < -0.39 is 0 Å². The van der Waals surface area contributed by atoms with Gasteiger partial charge >= 0.3 is 0 Å². The van der Waals surface area contributed by atoms with Gasteiger partial charge in [0.05, 0.1) is 18.2 Å². The summed E-state index contributed by atoms with van der Waals surface area (Å²) in [5.74, 6) is 2.09. The number of benzene rings is 2. The first kappa shape index (κ1) is 19.8. The van der Waals surface area contributed by atoms with E-state index in [0.29, 0.717) is 30.4 Å². The van der Waals surface area contributed by atoms with Crippen molar-refractivity contribution in [1.82, 2.24) is 14.9 Å². The summed E-state index contributed by atoms with van der Waals surface area (Å²) in [4.78, 5) is 27.3. The third-order valence-corrected chi connectivity index (χ3v) is 6.47. The largest absolute Gasteiger partial charge is 0.493 e. The van der Waals surface area contributed by atoms with Crippen molar-refractivity contribution in [2.45, 2.75) is 33.2 Å². The normalized spacial score (nSPS) is 20.4. The van der Waals surface area contributed by atoms with Crippen LogP contribution in [0.1, 0.15) is 35.1 Å². The predicted octanol–water partition coefficient (Wildman–Crippen LogP) is 4.00. The van der Waals surface area contributed by atoms with E-state index in [9.17, 15) is 4.79 Å². The van der Waals surface area contributed by atoms with Crippen LogP contribution in [0.3, 0.4) is 0 Å². The van der Waals surface area contributed by atoms with Crippen LogP contribution in [-0.4, -0.2) is 53.1 Å². The number of piperidine rings is 1. The number of carbonyl (C=O) groups is 1. The molecule has 0 saturated carbocycles. The molecule has 0 radical (unpaired) electrons. The number of fused-ring (bicyclic) bond motifs is 2. The molecular weight excluding hydrogens is 388 g/mol. The molecule has 5 rings (SSSR count). The van der Waals surface area contributed by atoms with Crippen LogP contribution in [-0.2, 0) is 0 Å². The third-order valence-electron chi connectivity index (χ3n) is 6.47. The first-order chi connectivity index (χ1) is 15.0. The quantitative estimate of drug-likeness (QED) is 0.644. The minimum Gasteiger partial charge on any atom is -0.493 e. The lowest BCUT2D eigenvalue weighted by Crippen LogP contribution is -2.65. The molecule has 2 aliphatic rings. The van der Waals surface area contributed by atoms with Gasteiger partial charge in [0.15, 0.2) is 0 Å². The maximum atomic E-state index is 13.7. The molecular formula is C25H28N4O2. The molecule has 160 valence electrons. The first-order valence-electron chi connectivity index (χ1n) is 11.1. The predicted molar refractivity (Wildman–Crippen MR) is 122 cm³/mol. The number of hydrogen-bond acceptors (Lipinski definition) is 5. The Balaban J connectivity index is 1.44. The Labute approximate surface area is 182 Å². The smallest absolute Gasteiger partial charge is 0.258 e. The summed E-state index contributed by atoms with van der Waals surface area (Å²) in [7, 11) is 0. The molecule has 3 aromatic rings. The highest BCUT2D eigenvalue weighted by molar-refractivity contribution is 6.09. The molecule has 2 aliphatic heterocycles. The number of ether oxygens (including phenoxy) is 1. The standard InChI is InChI=1S/C25H28N4O2/c1-4-31-22-10-9-18-7-5-6-8-20(18)23(22)24(30)28-12-11-19-14-29(21(19)15-28)25-26-16(2)13-17(3)27-25/h5-10,13,19,21H,4,11-12,14-15H2,1-3H3/t19-,21-/m0/s1. The Morgan fingerprint density at radius 1 is 1.10 bits per heavy atom. The lowest BCUT2D eigenvalue weighted by molar-refractivity contribution is 0.0587. The van der Waals surface area contributed by atoms with Crippen molar-refractivity contribution >= 4 is 22.6 Å². The fraction of sp³-hybridized carbons (Fsp3) is 0.400. The summed E-state index contributed by atoms with van der Waals surface area (Å²) in [6.45, 7) is 8.91. The summed E-state index contributed by atoms with van der Waals surface area (Å²) < 4.78 is 5.86. The number of likely N-dealkylation sites (tertiary alicyclic amines) is 1. The van der Waals surface area contributed by atoms with Crippen LogP contribution >= 0.6 is 0 Å². The third kappa shape index (κ3) is 3.50. The molecule has 0 unspecified atom stereocenters. The minimum atomic E-state index is 0.0480.